The van der Waals surface area contributed by atoms with Gasteiger partial charge in [0, 0.05) is 25.9 Å². The number of rotatable bonds is 7. The van der Waals surface area contributed by atoms with E-state index < -0.39 is 6.10 Å². The molecule has 1 N–H and O–H groups in total. The summed E-state index contributed by atoms with van der Waals surface area (Å²) in [6.45, 7) is 4.57. The van der Waals surface area contributed by atoms with Crippen LogP contribution in [0.5, 0.6) is 0 Å². The molecule has 1 aromatic carbocycles. The van der Waals surface area contributed by atoms with E-state index >= 15 is 0 Å². The van der Waals surface area contributed by atoms with E-state index in [1.807, 2.05) is 6.07 Å². The van der Waals surface area contributed by atoms with E-state index in [0.29, 0.717) is 31.6 Å². The molecule has 2 amide bonds. The van der Waals surface area contributed by atoms with Gasteiger partial charge in [0.2, 0.25) is 11.8 Å². The molecule has 0 aliphatic carbocycles. The Kier molecular flexibility index (Phi) is 7.55. The van der Waals surface area contributed by atoms with Crippen molar-refractivity contribution in [1.82, 2.24) is 4.90 Å². The van der Waals surface area contributed by atoms with Crippen molar-refractivity contribution < 1.29 is 23.9 Å². The Morgan fingerprint density at radius 2 is 2.00 bits per heavy atom. The molecule has 0 spiro atoms. The molecule has 1 heterocycles. The van der Waals surface area contributed by atoms with Crippen molar-refractivity contribution in [2.45, 2.75) is 25.4 Å². The Morgan fingerprint density at radius 3 is 2.59 bits per heavy atom. The van der Waals surface area contributed by atoms with Crippen LogP contribution in [0.2, 0.25) is 0 Å². The average Bonchev–Trinajstić information content (AvgIpc) is 2.69. The summed E-state index contributed by atoms with van der Waals surface area (Å²) in [6.07, 6.45) is 2.25. The molecule has 27 heavy (non-hydrogen) atoms. The summed E-state index contributed by atoms with van der Waals surface area (Å²) >= 11 is 0. The Bertz CT molecular complexity index is 695. The van der Waals surface area contributed by atoms with Gasteiger partial charge >= 0.3 is 5.97 Å². The fraction of sp³-hybridized carbons (Fsp3) is 0.450. The van der Waals surface area contributed by atoms with Crippen LogP contribution in [0.4, 0.5) is 5.69 Å². The molecular weight excluding hydrogens is 348 g/mol. The summed E-state index contributed by atoms with van der Waals surface area (Å²) in [5, 5.41) is 2.69. The maximum absolute atomic E-state index is 12.6. The molecule has 146 valence electrons. The largest absolute Gasteiger partial charge is 0.467 e. The van der Waals surface area contributed by atoms with E-state index in [4.69, 9.17) is 9.47 Å². The molecule has 7 heteroatoms. The second-order valence-electron chi connectivity index (χ2n) is 6.47. The second kappa shape index (κ2) is 9.87. The van der Waals surface area contributed by atoms with Crippen LogP contribution in [0.1, 0.15) is 18.4 Å². The predicted octanol–water partition coefficient (Wildman–Crippen LogP) is 1.78. The van der Waals surface area contributed by atoms with Crippen LogP contribution in [0.15, 0.2) is 36.9 Å². The topological polar surface area (TPSA) is 84.9 Å². The number of likely N-dealkylation sites (tertiary alicyclic amines) is 1. The van der Waals surface area contributed by atoms with Gasteiger partial charge in [-0.15, -0.1) is 0 Å². The molecule has 1 aliphatic rings. The minimum atomic E-state index is -0.586. The number of hydrogen-bond acceptors (Lipinski definition) is 5. The van der Waals surface area contributed by atoms with Gasteiger partial charge < -0.3 is 19.7 Å². The highest BCUT2D eigenvalue weighted by Crippen LogP contribution is 2.24. The van der Waals surface area contributed by atoms with E-state index in [0.717, 1.165) is 5.56 Å². The molecule has 1 aliphatic heterocycles. The highest BCUT2D eigenvalue weighted by Gasteiger charge is 2.33. The van der Waals surface area contributed by atoms with Gasteiger partial charge in [0.15, 0.2) is 6.10 Å². The average molecular weight is 374 g/mol. The minimum absolute atomic E-state index is 0.0210. The third-order valence-corrected chi connectivity index (χ3v) is 4.74. The number of esters is 1. The Labute approximate surface area is 159 Å². The molecule has 0 radical (unpaired) electrons. The molecule has 0 aromatic heterocycles. The molecule has 1 unspecified atom stereocenters. The summed E-state index contributed by atoms with van der Waals surface area (Å²) in [5.74, 6) is -0.601. The van der Waals surface area contributed by atoms with Crippen LogP contribution in [0, 0.1) is 5.92 Å². The number of ether oxygens (including phenoxy) is 2. The maximum atomic E-state index is 12.6. The van der Waals surface area contributed by atoms with Crippen molar-refractivity contribution in [3.63, 3.8) is 0 Å². The van der Waals surface area contributed by atoms with Gasteiger partial charge in [-0.3, -0.25) is 9.59 Å². The zero-order valence-electron chi connectivity index (χ0n) is 15.8. The van der Waals surface area contributed by atoms with Gasteiger partial charge in [0.05, 0.1) is 13.5 Å². The summed E-state index contributed by atoms with van der Waals surface area (Å²) < 4.78 is 10.0. The highest BCUT2D eigenvalue weighted by molar-refractivity contribution is 5.98. The molecular formula is C20H26N2O5. The fourth-order valence-electron chi connectivity index (χ4n) is 3.29. The molecule has 0 bridgehead atoms. The number of methoxy groups -OCH3 is 2. The smallest absolute Gasteiger partial charge is 0.335 e. The maximum Gasteiger partial charge on any atom is 0.335 e. The third kappa shape index (κ3) is 5.65. The molecule has 2 rings (SSSR count). The molecule has 7 nitrogen and oxygen atoms in total. The summed E-state index contributed by atoms with van der Waals surface area (Å²) in [6, 6.07) is 7.20. The number of amides is 2. The lowest BCUT2D eigenvalue weighted by molar-refractivity contribution is -0.157. The predicted molar refractivity (Wildman–Crippen MR) is 101 cm³/mol. The van der Waals surface area contributed by atoms with Gasteiger partial charge in [0.25, 0.3) is 0 Å². The van der Waals surface area contributed by atoms with Crippen molar-refractivity contribution in [3.8, 4) is 0 Å². The molecule has 1 fully saturated rings. The minimum Gasteiger partial charge on any atom is -0.467 e. The number of carbonyl (C=O) groups is 3. The zero-order chi connectivity index (χ0) is 19.8. The number of benzene rings is 1. The number of hydrogen-bond donors (Lipinski definition) is 1. The number of carbonyl (C=O) groups excluding carboxylic acids is 3. The molecule has 1 saturated heterocycles. The second-order valence-corrected chi connectivity index (χ2v) is 6.47. The Hall–Kier alpha value is -2.67. The molecule has 1 aromatic rings. The number of piperidine rings is 1. The standard InChI is InChI=1S/C20H26N2O5/c1-4-17(23)21-16-7-5-6-14(12-16)13-18(24)22-10-8-15(9-11-22)19(26-2)20(25)27-3/h4-7,12,15,19H,1,8-11,13H2,2-3H3,(H,21,23). The number of nitrogens with one attached hydrogen (secondary N) is 1. The third-order valence-electron chi connectivity index (χ3n) is 4.74. The first-order valence-corrected chi connectivity index (χ1v) is 8.89. The van der Waals surface area contributed by atoms with Gasteiger partial charge in [-0.1, -0.05) is 18.7 Å². The zero-order valence-corrected chi connectivity index (χ0v) is 15.8. The first-order chi connectivity index (χ1) is 13.0. The monoisotopic (exact) mass is 374 g/mol. The van der Waals surface area contributed by atoms with E-state index in [1.54, 1.807) is 23.1 Å². The van der Waals surface area contributed by atoms with Crippen LogP contribution in [-0.2, 0) is 30.3 Å². The number of anilines is 1. The van der Waals surface area contributed by atoms with Crippen LogP contribution < -0.4 is 5.32 Å². The summed E-state index contributed by atoms with van der Waals surface area (Å²) in [5.41, 5.74) is 1.46. The highest BCUT2D eigenvalue weighted by atomic mass is 16.6. The van der Waals surface area contributed by atoms with Crippen molar-refractivity contribution >= 4 is 23.5 Å². The molecule has 1 atom stereocenters. The summed E-state index contributed by atoms with van der Waals surface area (Å²) in [4.78, 5) is 37.6. The SMILES string of the molecule is C=CC(=O)Nc1cccc(CC(=O)N2CCC(C(OC)C(=O)OC)CC2)c1. The van der Waals surface area contributed by atoms with Crippen molar-refractivity contribution in [2.75, 3.05) is 32.6 Å². The van der Waals surface area contributed by atoms with E-state index in [9.17, 15) is 14.4 Å². The van der Waals surface area contributed by atoms with Gasteiger partial charge in [-0.25, -0.2) is 4.79 Å². The van der Waals surface area contributed by atoms with Crippen molar-refractivity contribution in [3.05, 3.63) is 42.5 Å². The Balaban J connectivity index is 1.91. The molecule has 0 saturated carbocycles. The fourth-order valence-corrected chi connectivity index (χ4v) is 3.29. The first-order valence-electron chi connectivity index (χ1n) is 8.89. The van der Waals surface area contributed by atoms with Gasteiger partial charge in [0.1, 0.15) is 0 Å². The lowest BCUT2D eigenvalue weighted by Gasteiger charge is -2.34. The normalized spacial score (nSPS) is 15.7. The number of nitrogens with zero attached hydrogens (tertiary/aromatic N) is 1. The van der Waals surface area contributed by atoms with E-state index in [2.05, 4.69) is 11.9 Å². The van der Waals surface area contributed by atoms with Crippen molar-refractivity contribution in [2.24, 2.45) is 5.92 Å². The van der Waals surface area contributed by atoms with Crippen LogP contribution in [0.3, 0.4) is 0 Å². The lowest BCUT2D eigenvalue weighted by Crippen LogP contribution is -2.44. The van der Waals surface area contributed by atoms with E-state index in [-0.39, 0.29) is 30.1 Å². The van der Waals surface area contributed by atoms with Crippen LogP contribution >= 0.6 is 0 Å². The van der Waals surface area contributed by atoms with Crippen molar-refractivity contribution in [1.29, 1.82) is 0 Å². The van der Waals surface area contributed by atoms with Gasteiger partial charge in [-0.2, -0.15) is 0 Å². The van der Waals surface area contributed by atoms with Gasteiger partial charge in [-0.05, 0) is 42.5 Å². The first kappa shape index (κ1) is 20.6. The van der Waals surface area contributed by atoms with Crippen LogP contribution in [0.25, 0.3) is 0 Å². The van der Waals surface area contributed by atoms with Crippen LogP contribution in [-0.4, -0.2) is 56.1 Å². The van der Waals surface area contributed by atoms with E-state index in [1.165, 1.54) is 20.3 Å². The lowest BCUT2D eigenvalue weighted by atomic mass is 9.90. The Morgan fingerprint density at radius 1 is 1.30 bits per heavy atom. The summed E-state index contributed by atoms with van der Waals surface area (Å²) in [7, 11) is 2.84. The quantitative estimate of drug-likeness (QED) is 0.581.